The van der Waals surface area contributed by atoms with Crippen molar-refractivity contribution in [2.45, 2.75) is 26.8 Å². The van der Waals surface area contributed by atoms with Crippen LogP contribution in [0.25, 0.3) is 11.8 Å². The van der Waals surface area contributed by atoms with Crippen LogP contribution in [0.2, 0.25) is 0 Å². The van der Waals surface area contributed by atoms with Crippen LogP contribution in [0.3, 0.4) is 0 Å². The molecule has 1 atom stereocenters. The minimum absolute atomic E-state index is 0.177. The number of aromatic nitrogens is 2. The van der Waals surface area contributed by atoms with Gasteiger partial charge in [0, 0.05) is 17.8 Å². The summed E-state index contributed by atoms with van der Waals surface area (Å²) in [4.78, 5) is 12.4. The Kier molecular flexibility index (Phi) is 7.27. The fraction of sp³-hybridized carbons (Fsp3) is 0.250. The smallest absolute Gasteiger partial charge is 0.244 e. The van der Waals surface area contributed by atoms with E-state index in [-0.39, 0.29) is 11.9 Å². The van der Waals surface area contributed by atoms with Crippen LogP contribution in [-0.4, -0.2) is 28.9 Å². The van der Waals surface area contributed by atoms with Gasteiger partial charge in [0.05, 0.1) is 31.1 Å². The Bertz CT molecular complexity index is 996. The molecule has 0 spiro atoms. The molecule has 3 aromatic rings. The lowest BCUT2D eigenvalue weighted by atomic mass is 10.1. The van der Waals surface area contributed by atoms with Crippen LogP contribution >= 0.6 is 0 Å². The van der Waals surface area contributed by atoms with Gasteiger partial charge in [-0.15, -0.1) is 0 Å². The van der Waals surface area contributed by atoms with Crippen LogP contribution < -0.4 is 14.8 Å². The van der Waals surface area contributed by atoms with Crippen molar-refractivity contribution in [1.82, 2.24) is 15.1 Å². The zero-order chi connectivity index (χ0) is 21.3. The Morgan fingerprint density at radius 2 is 1.83 bits per heavy atom. The van der Waals surface area contributed by atoms with E-state index in [1.54, 1.807) is 17.0 Å². The van der Waals surface area contributed by atoms with Crippen LogP contribution in [0.15, 0.2) is 67.0 Å². The molecule has 0 saturated heterocycles. The third-order valence-corrected chi connectivity index (χ3v) is 4.48. The molecule has 3 rings (SSSR count). The maximum atomic E-state index is 12.4. The van der Waals surface area contributed by atoms with Crippen molar-refractivity contribution >= 4 is 12.0 Å². The second-order valence-corrected chi connectivity index (χ2v) is 6.69. The zero-order valence-electron chi connectivity index (χ0n) is 17.5. The second kappa shape index (κ2) is 10.3. The zero-order valence-corrected chi connectivity index (χ0v) is 17.5. The third-order valence-electron chi connectivity index (χ3n) is 4.48. The number of ether oxygens (including phenoxy) is 2. The molecule has 1 amide bonds. The van der Waals surface area contributed by atoms with Crippen LogP contribution in [0, 0.1) is 0 Å². The molecule has 1 N–H and O–H groups in total. The molecule has 0 saturated carbocycles. The molecule has 30 heavy (non-hydrogen) atoms. The van der Waals surface area contributed by atoms with Crippen LogP contribution in [0.5, 0.6) is 11.5 Å². The van der Waals surface area contributed by atoms with Crippen molar-refractivity contribution in [2.75, 3.05) is 13.2 Å². The van der Waals surface area contributed by atoms with E-state index in [1.165, 1.54) is 6.08 Å². The largest absolute Gasteiger partial charge is 0.490 e. The molecule has 6 nitrogen and oxygen atoms in total. The van der Waals surface area contributed by atoms with Crippen molar-refractivity contribution < 1.29 is 14.3 Å². The van der Waals surface area contributed by atoms with Gasteiger partial charge in [0.2, 0.25) is 5.91 Å². The lowest BCUT2D eigenvalue weighted by Gasteiger charge is -2.17. The van der Waals surface area contributed by atoms with E-state index in [9.17, 15) is 4.79 Å². The van der Waals surface area contributed by atoms with Gasteiger partial charge in [-0.3, -0.25) is 4.79 Å². The van der Waals surface area contributed by atoms with E-state index in [4.69, 9.17) is 9.47 Å². The molecule has 0 aliphatic carbocycles. The van der Waals surface area contributed by atoms with E-state index in [0.29, 0.717) is 24.7 Å². The van der Waals surface area contributed by atoms with E-state index in [0.717, 1.165) is 16.8 Å². The number of benzene rings is 2. The molecular formula is C24H27N3O3. The SMILES string of the molecule is CCOc1ccc([C@@H](C)NC(=O)/C=C/c2cnn(-c3ccccc3)c2)cc1OCC. The summed E-state index contributed by atoms with van der Waals surface area (Å²) in [5, 5.41) is 7.31. The average molecular weight is 405 g/mol. The summed E-state index contributed by atoms with van der Waals surface area (Å²) in [6, 6.07) is 15.4. The molecule has 0 aliphatic rings. The standard InChI is InChI=1S/C24H27N3O3/c1-4-29-22-13-12-20(15-23(22)30-5-2)18(3)26-24(28)14-11-19-16-25-27(17-19)21-9-7-6-8-10-21/h6-18H,4-5H2,1-3H3,(H,26,28)/b14-11+/t18-/m1/s1. The van der Waals surface area contributed by atoms with Gasteiger partial charge in [-0.05, 0) is 56.7 Å². The van der Waals surface area contributed by atoms with Crippen molar-refractivity contribution in [3.05, 3.63) is 78.1 Å². The predicted molar refractivity (Wildman–Crippen MR) is 118 cm³/mol. The minimum atomic E-state index is -0.179. The highest BCUT2D eigenvalue weighted by Gasteiger charge is 2.12. The van der Waals surface area contributed by atoms with Gasteiger partial charge in [-0.1, -0.05) is 24.3 Å². The van der Waals surface area contributed by atoms with Crippen molar-refractivity contribution in [3.8, 4) is 17.2 Å². The molecule has 1 aromatic heterocycles. The Labute approximate surface area is 177 Å². The maximum absolute atomic E-state index is 12.4. The first-order chi connectivity index (χ1) is 14.6. The summed E-state index contributed by atoms with van der Waals surface area (Å²) in [7, 11) is 0. The van der Waals surface area contributed by atoms with Gasteiger partial charge < -0.3 is 14.8 Å². The summed E-state index contributed by atoms with van der Waals surface area (Å²) in [6.07, 6.45) is 6.86. The molecule has 0 aliphatic heterocycles. The van der Waals surface area contributed by atoms with E-state index in [2.05, 4.69) is 10.4 Å². The molecule has 156 valence electrons. The molecule has 6 heteroatoms. The number of amides is 1. The Morgan fingerprint density at radius 3 is 2.57 bits per heavy atom. The first-order valence-corrected chi connectivity index (χ1v) is 10.1. The molecule has 2 aromatic carbocycles. The van der Waals surface area contributed by atoms with Gasteiger partial charge in [-0.25, -0.2) is 4.68 Å². The maximum Gasteiger partial charge on any atom is 0.244 e. The number of rotatable bonds is 9. The number of nitrogens with zero attached hydrogens (tertiary/aromatic N) is 2. The van der Waals surface area contributed by atoms with Crippen molar-refractivity contribution in [1.29, 1.82) is 0 Å². The van der Waals surface area contributed by atoms with Crippen molar-refractivity contribution in [3.63, 3.8) is 0 Å². The third kappa shape index (κ3) is 5.50. The van der Waals surface area contributed by atoms with E-state index >= 15 is 0 Å². The number of para-hydroxylation sites is 1. The van der Waals surface area contributed by atoms with Crippen LogP contribution in [-0.2, 0) is 4.79 Å². The Hall–Kier alpha value is -3.54. The van der Waals surface area contributed by atoms with Gasteiger partial charge in [-0.2, -0.15) is 5.10 Å². The highest BCUT2D eigenvalue weighted by molar-refractivity contribution is 5.91. The van der Waals surface area contributed by atoms with Gasteiger partial charge in [0.25, 0.3) is 0 Å². The summed E-state index contributed by atoms with van der Waals surface area (Å²) in [5.74, 6) is 1.21. The minimum Gasteiger partial charge on any atom is -0.490 e. The molecular weight excluding hydrogens is 378 g/mol. The Morgan fingerprint density at radius 1 is 1.10 bits per heavy atom. The molecule has 0 bridgehead atoms. The molecule has 0 unspecified atom stereocenters. The molecule has 0 radical (unpaired) electrons. The monoisotopic (exact) mass is 405 g/mol. The average Bonchev–Trinajstić information content (AvgIpc) is 3.23. The first kappa shape index (κ1) is 21.2. The lowest BCUT2D eigenvalue weighted by molar-refractivity contribution is -0.117. The highest BCUT2D eigenvalue weighted by Crippen LogP contribution is 2.30. The molecule has 0 fully saturated rings. The van der Waals surface area contributed by atoms with E-state index in [1.807, 2.05) is 75.5 Å². The fourth-order valence-electron chi connectivity index (χ4n) is 3.00. The number of carbonyl (C=O) groups excluding carboxylic acids is 1. The number of carbonyl (C=O) groups is 1. The van der Waals surface area contributed by atoms with Gasteiger partial charge in [0.1, 0.15) is 0 Å². The fourth-order valence-corrected chi connectivity index (χ4v) is 3.00. The first-order valence-electron chi connectivity index (χ1n) is 10.1. The second-order valence-electron chi connectivity index (χ2n) is 6.69. The van der Waals surface area contributed by atoms with E-state index < -0.39 is 0 Å². The van der Waals surface area contributed by atoms with Gasteiger partial charge >= 0.3 is 0 Å². The quantitative estimate of drug-likeness (QED) is 0.530. The van der Waals surface area contributed by atoms with Gasteiger partial charge in [0.15, 0.2) is 11.5 Å². The van der Waals surface area contributed by atoms with Crippen molar-refractivity contribution in [2.24, 2.45) is 0 Å². The molecule has 1 heterocycles. The normalized spacial score (nSPS) is 12.0. The van der Waals surface area contributed by atoms with Crippen LogP contribution in [0.1, 0.15) is 37.9 Å². The summed E-state index contributed by atoms with van der Waals surface area (Å²) in [6.45, 7) is 6.91. The number of nitrogens with one attached hydrogen (secondary N) is 1. The summed E-state index contributed by atoms with van der Waals surface area (Å²) >= 11 is 0. The number of hydrogen-bond acceptors (Lipinski definition) is 4. The summed E-state index contributed by atoms with van der Waals surface area (Å²) in [5.41, 5.74) is 2.76. The predicted octanol–water partition coefficient (Wildman–Crippen LogP) is 4.56. The van der Waals surface area contributed by atoms with Crippen LogP contribution in [0.4, 0.5) is 0 Å². The highest BCUT2D eigenvalue weighted by atomic mass is 16.5. The topological polar surface area (TPSA) is 65.4 Å². The Balaban J connectivity index is 1.63. The lowest BCUT2D eigenvalue weighted by Crippen LogP contribution is -2.24. The number of hydrogen-bond donors (Lipinski definition) is 1. The summed E-state index contributed by atoms with van der Waals surface area (Å²) < 4.78 is 13.0.